The van der Waals surface area contributed by atoms with Gasteiger partial charge in [-0.05, 0) is 43.0 Å². The molecule has 1 aliphatic rings. The Bertz CT molecular complexity index is 947. The fourth-order valence-electron chi connectivity index (χ4n) is 3.66. The Morgan fingerprint density at radius 1 is 1.19 bits per heavy atom. The van der Waals surface area contributed by atoms with Crippen LogP contribution in [0, 0.1) is 17.2 Å². The lowest BCUT2D eigenvalue weighted by molar-refractivity contribution is -0.155. The zero-order chi connectivity index (χ0) is 23.9. The van der Waals surface area contributed by atoms with Gasteiger partial charge in [0.1, 0.15) is 17.3 Å². The number of hydrogen-bond donors (Lipinski definition) is 1. The number of esters is 1. The highest BCUT2D eigenvalue weighted by Crippen LogP contribution is 2.32. The van der Waals surface area contributed by atoms with Crippen molar-refractivity contribution in [3.63, 3.8) is 0 Å². The van der Waals surface area contributed by atoms with E-state index in [9.17, 15) is 23.3 Å². The van der Waals surface area contributed by atoms with Gasteiger partial charge in [0, 0.05) is 7.05 Å². The van der Waals surface area contributed by atoms with Crippen LogP contribution in [0.15, 0.2) is 29.2 Å². The fraction of sp³-hybridized carbons (Fsp3) is 0.591. The van der Waals surface area contributed by atoms with Gasteiger partial charge in [0.2, 0.25) is 10.0 Å². The number of nitriles is 1. The van der Waals surface area contributed by atoms with Crippen molar-refractivity contribution in [2.75, 3.05) is 20.8 Å². The summed E-state index contributed by atoms with van der Waals surface area (Å²) in [5, 5.41) is 9.63. The van der Waals surface area contributed by atoms with Crippen molar-refractivity contribution >= 4 is 21.9 Å². The summed E-state index contributed by atoms with van der Waals surface area (Å²) in [7, 11) is -0.996. The van der Waals surface area contributed by atoms with Gasteiger partial charge in [-0.15, -0.1) is 0 Å². The number of carbonyl (C=O) groups is 2. The number of nitrogens with zero attached hydrogens (tertiary/aromatic N) is 2. The minimum atomic E-state index is -4.01. The third-order valence-electron chi connectivity index (χ3n) is 5.82. The Kier molecular flexibility index (Phi) is 8.64. The molecule has 2 rings (SSSR count). The molecule has 1 unspecified atom stereocenters. The summed E-state index contributed by atoms with van der Waals surface area (Å²) < 4.78 is 38.0. The second kappa shape index (κ2) is 10.8. The normalized spacial score (nSPS) is 16.6. The highest BCUT2D eigenvalue weighted by atomic mass is 32.2. The molecule has 1 fully saturated rings. The lowest BCUT2D eigenvalue weighted by Crippen LogP contribution is -2.51. The number of likely N-dealkylation sites (N-methyl/N-ethyl adjacent to an activating group) is 1. The molecule has 10 heteroatoms. The zero-order valence-electron chi connectivity index (χ0n) is 19.0. The average molecular weight is 466 g/mol. The lowest BCUT2D eigenvalue weighted by Gasteiger charge is -2.38. The molecule has 0 heterocycles. The third kappa shape index (κ3) is 5.99. The molecule has 0 aromatic heterocycles. The molecule has 0 saturated heterocycles. The van der Waals surface area contributed by atoms with Gasteiger partial charge in [-0.2, -0.15) is 9.98 Å². The molecule has 0 radical (unpaired) electrons. The smallest absolute Gasteiger partial charge is 0.324 e. The molecule has 1 aliphatic carbocycles. The number of nitrogens with one attached hydrogen (secondary N) is 1. The summed E-state index contributed by atoms with van der Waals surface area (Å²) in [6, 6.07) is 6.81. The molecule has 0 bridgehead atoms. The first-order chi connectivity index (χ1) is 15.1. The summed E-state index contributed by atoms with van der Waals surface area (Å²) in [5.41, 5.74) is -0.894. The van der Waals surface area contributed by atoms with Crippen LogP contribution in [-0.2, 0) is 24.3 Å². The monoisotopic (exact) mass is 465 g/mol. The van der Waals surface area contributed by atoms with Gasteiger partial charge < -0.3 is 14.4 Å². The van der Waals surface area contributed by atoms with Gasteiger partial charge in [0.25, 0.3) is 5.91 Å². The van der Waals surface area contributed by atoms with Gasteiger partial charge in [0.05, 0.1) is 18.1 Å². The fourth-order valence-corrected chi connectivity index (χ4v) is 5.00. The Balaban J connectivity index is 2.05. The highest BCUT2D eigenvalue weighted by Gasteiger charge is 2.39. The van der Waals surface area contributed by atoms with Crippen molar-refractivity contribution in [3.05, 3.63) is 24.3 Å². The van der Waals surface area contributed by atoms with Crippen molar-refractivity contribution in [1.82, 2.24) is 9.62 Å². The van der Waals surface area contributed by atoms with Gasteiger partial charge in [-0.1, -0.05) is 33.1 Å². The largest absolute Gasteiger partial charge is 0.497 e. The molecule has 1 N–H and O–H groups in total. The molecular weight excluding hydrogens is 434 g/mol. The number of ether oxygens (including phenoxy) is 2. The number of amides is 1. The van der Waals surface area contributed by atoms with Crippen LogP contribution >= 0.6 is 0 Å². The summed E-state index contributed by atoms with van der Waals surface area (Å²) >= 11 is 0. The molecule has 1 saturated carbocycles. The minimum absolute atomic E-state index is 0.0270. The van der Waals surface area contributed by atoms with Crippen LogP contribution in [0.25, 0.3) is 0 Å². The van der Waals surface area contributed by atoms with Gasteiger partial charge >= 0.3 is 5.97 Å². The minimum Gasteiger partial charge on any atom is -0.497 e. The SMILES string of the molecule is COc1ccc(S(=O)(=O)NC(C(=O)OCC(=O)N(C)C2(C#N)CCCCC2)C(C)C)cc1. The van der Waals surface area contributed by atoms with E-state index < -0.39 is 46.0 Å². The summed E-state index contributed by atoms with van der Waals surface area (Å²) in [5.74, 6) is -1.28. The van der Waals surface area contributed by atoms with E-state index in [1.165, 1.54) is 43.3 Å². The summed E-state index contributed by atoms with van der Waals surface area (Å²) in [6.45, 7) is 2.78. The third-order valence-corrected chi connectivity index (χ3v) is 7.27. The second-order valence-electron chi connectivity index (χ2n) is 8.28. The van der Waals surface area contributed by atoms with Crippen molar-refractivity contribution in [2.45, 2.75) is 62.4 Å². The molecule has 0 spiro atoms. The van der Waals surface area contributed by atoms with Crippen molar-refractivity contribution in [3.8, 4) is 11.8 Å². The van der Waals surface area contributed by atoms with E-state index >= 15 is 0 Å². The Labute approximate surface area is 189 Å². The van der Waals surface area contributed by atoms with Crippen LogP contribution < -0.4 is 9.46 Å². The van der Waals surface area contributed by atoms with Gasteiger partial charge in [0.15, 0.2) is 6.61 Å². The first-order valence-electron chi connectivity index (χ1n) is 10.6. The molecule has 9 nitrogen and oxygen atoms in total. The predicted octanol–water partition coefficient (Wildman–Crippen LogP) is 2.23. The van der Waals surface area contributed by atoms with Gasteiger partial charge in [-0.3, -0.25) is 9.59 Å². The Morgan fingerprint density at radius 2 is 1.78 bits per heavy atom. The second-order valence-corrected chi connectivity index (χ2v) is 10.00. The number of carbonyl (C=O) groups excluding carboxylic acids is 2. The van der Waals surface area contributed by atoms with Crippen LogP contribution in [0.3, 0.4) is 0 Å². The molecule has 1 amide bonds. The number of rotatable bonds is 9. The number of methoxy groups -OCH3 is 1. The first-order valence-corrected chi connectivity index (χ1v) is 12.1. The van der Waals surface area contributed by atoms with E-state index in [1.807, 2.05) is 0 Å². The topological polar surface area (TPSA) is 126 Å². The number of sulfonamides is 1. The lowest BCUT2D eigenvalue weighted by atomic mass is 9.81. The molecule has 0 aliphatic heterocycles. The molecule has 1 aromatic carbocycles. The van der Waals surface area contributed by atoms with Crippen molar-refractivity contribution in [2.24, 2.45) is 5.92 Å². The maximum Gasteiger partial charge on any atom is 0.324 e. The standard InChI is InChI=1S/C22H31N3O6S/c1-16(2)20(24-32(28,29)18-10-8-17(30-4)9-11-18)21(27)31-14-19(26)25(3)22(15-23)12-6-5-7-13-22/h8-11,16,20,24H,5-7,12-14H2,1-4H3. The quantitative estimate of drug-likeness (QED) is 0.554. The zero-order valence-corrected chi connectivity index (χ0v) is 19.8. The van der Waals surface area contributed by atoms with Crippen LogP contribution in [0.5, 0.6) is 5.75 Å². The van der Waals surface area contributed by atoms with E-state index in [1.54, 1.807) is 13.8 Å². The van der Waals surface area contributed by atoms with E-state index in [4.69, 9.17) is 9.47 Å². The van der Waals surface area contributed by atoms with Crippen LogP contribution in [0.1, 0.15) is 46.0 Å². The van der Waals surface area contributed by atoms with Crippen LogP contribution in [0.4, 0.5) is 0 Å². The number of hydrogen-bond acceptors (Lipinski definition) is 7. The van der Waals surface area contributed by atoms with Gasteiger partial charge in [-0.25, -0.2) is 8.42 Å². The van der Waals surface area contributed by atoms with Crippen molar-refractivity contribution in [1.29, 1.82) is 5.26 Å². The molecule has 1 aromatic rings. The van der Waals surface area contributed by atoms with E-state index in [-0.39, 0.29) is 4.90 Å². The first kappa shape index (κ1) is 25.6. The van der Waals surface area contributed by atoms with Crippen LogP contribution in [0.2, 0.25) is 0 Å². The van der Waals surface area contributed by atoms with Crippen molar-refractivity contribution < 1.29 is 27.5 Å². The average Bonchev–Trinajstić information content (AvgIpc) is 2.80. The van der Waals surface area contributed by atoms with E-state index in [0.717, 1.165) is 19.3 Å². The predicted molar refractivity (Wildman–Crippen MR) is 117 cm³/mol. The highest BCUT2D eigenvalue weighted by molar-refractivity contribution is 7.89. The maximum atomic E-state index is 12.7. The number of benzene rings is 1. The van der Waals surface area contributed by atoms with E-state index in [2.05, 4.69) is 10.8 Å². The Hall–Kier alpha value is -2.64. The van der Waals surface area contributed by atoms with Crippen LogP contribution in [-0.4, -0.2) is 57.5 Å². The van der Waals surface area contributed by atoms with E-state index in [0.29, 0.717) is 18.6 Å². The Morgan fingerprint density at radius 3 is 2.28 bits per heavy atom. The molecule has 176 valence electrons. The maximum absolute atomic E-state index is 12.7. The molecule has 1 atom stereocenters. The summed E-state index contributed by atoms with van der Waals surface area (Å²) in [6.07, 6.45) is 3.89. The molecular formula is C22H31N3O6S. The summed E-state index contributed by atoms with van der Waals surface area (Å²) in [4.78, 5) is 26.6. The molecule has 32 heavy (non-hydrogen) atoms.